The Morgan fingerprint density at radius 1 is 1.00 bits per heavy atom. The van der Waals surface area contributed by atoms with Crippen LogP contribution in [0.1, 0.15) is 23.0 Å². The van der Waals surface area contributed by atoms with Gasteiger partial charge in [0, 0.05) is 30.4 Å². The van der Waals surface area contributed by atoms with E-state index in [1.165, 1.54) is 0 Å². The molecule has 6 heteroatoms. The number of hydrogen-bond acceptors (Lipinski definition) is 5. The van der Waals surface area contributed by atoms with Crippen LogP contribution < -0.4 is 10.6 Å². The number of carbonyl (C=O) groups is 1. The zero-order chi connectivity index (χ0) is 20.6. The monoisotopic (exact) mass is 389 g/mol. The lowest BCUT2D eigenvalue weighted by Crippen LogP contribution is -2.22. The van der Waals surface area contributed by atoms with Crippen LogP contribution in [0.15, 0.2) is 60.7 Å². The smallest absolute Gasteiger partial charge is 0.274 e. The fraction of sp³-hybridized carbons (Fsp3) is 0.261. The number of benzene rings is 2. The maximum atomic E-state index is 13.0. The second-order valence-corrected chi connectivity index (χ2v) is 7.02. The molecule has 0 bridgehead atoms. The van der Waals surface area contributed by atoms with Gasteiger partial charge in [-0.25, -0.2) is 9.97 Å². The van der Waals surface area contributed by atoms with Crippen LogP contribution in [0.25, 0.3) is 11.4 Å². The molecule has 0 spiro atoms. The van der Waals surface area contributed by atoms with Gasteiger partial charge in [0.2, 0.25) is 0 Å². The van der Waals surface area contributed by atoms with Crippen molar-refractivity contribution in [1.29, 1.82) is 0 Å². The lowest BCUT2D eigenvalue weighted by atomic mass is 10.1. The van der Waals surface area contributed by atoms with Crippen molar-refractivity contribution in [2.45, 2.75) is 13.3 Å². The topological polar surface area (TPSA) is 70.2 Å². The van der Waals surface area contributed by atoms with Crippen LogP contribution in [-0.4, -0.2) is 48.0 Å². The summed E-state index contributed by atoms with van der Waals surface area (Å²) in [5, 5.41) is 6.29. The third-order valence-electron chi connectivity index (χ3n) is 4.50. The van der Waals surface area contributed by atoms with Crippen molar-refractivity contribution < 1.29 is 4.79 Å². The Bertz CT molecular complexity index is 956. The van der Waals surface area contributed by atoms with Crippen LogP contribution >= 0.6 is 0 Å². The molecule has 2 N–H and O–H groups in total. The number of nitrogens with zero attached hydrogens (tertiary/aromatic N) is 3. The van der Waals surface area contributed by atoms with Gasteiger partial charge in [-0.1, -0.05) is 55.5 Å². The van der Waals surface area contributed by atoms with E-state index in [4.69, 9.17) is 0 Å². The first kappa shape index (κ1) is 20.5. The summed E-state index contributed by atoms with van der Waals surface area (Å²) < 4.78 is 0. The van der Waals surface area contributed by atoms with Crippen LogP contribution in [0.5, 0.6) is 0 Å². The highest BCUT2D eigenvalue weighted by atomic mass is 16.1. The molecule has 2 aromatic carbocycles. The second-order valence-electron chi connectivity index (χ2n) is 7.02. The van der Waals surface area contributed by atoms with Gasteiger partial charge < -0.3 is 15.5 Å². The second kappa shape index (κ2) is 9.80. The zero-order valence-electron chi connectivity index (χ0n) is 17.1. The van der Waals surface area contributed by atoms with Crippen LogP contribution in [-0.2, 0) is 6.42 Å². The van der Waals surface area contributed by atoms with Crippen molar-refractivity contribution in [1.82, 2.24) is 14.9 Å². The van der Waals surface area contributed by atoms with Crippen molar-refractivity contribution in [2.24, 2.45) is 0 Å². The number of para-hydroxylation sites is 1. The van der Waals surface area contributed by atoms with Gasteiger partial charge in [-0.15, -0.1) is 0 Å². The van der Waals surface area contributed by atoms with Gasteiger partial charge in [-0.05, 0) is 32.1 Å². The third kappa shape index (κ3) is 5.62. The highest BCUT2D eigenvalue weighted by molar-refractivity contribution is 6.04. The van der Waals surface area contributed by atoms with Crippen LogP contribution in [0.3, 0.4) is 0 Å². The zero-order valence-corrected chi connectivity index (χ0v) is 17.1. The highest BCUT2D eigenvalue weighted by Crippen LogP contribution is 2.20. The number of nitrogens with one attached hydrogen (secondary N) is 2. The minimum atomic E-state index is -0.249. The number of aryl methyl sites for hydroxylation is 1. The molecule has 1 amide bonds. The van der Waals surface area contributed by atoms with Crippen molar-refractivity contribution in [3.8, 4) is 11.4 Å². The van der Waals surface area contributed by atoms with E-state index in [2.05, 4.69) is 32.4 Å². The number of hydrogen-bond donors (Lipinski definition) is 2. The summed E-state index contributed by atoms with van der Waals surface area (Å²) in [6.07, 6.45) is 0.840. The number of carbonyl (C=O) groups excluding carboxylic acids is 1. The largest absolute Gasteiger partial charge is 0.369 e. The molecule has 1 heterocycles. The molecule has 150 valence electrons. The average Bonchev–Trinajstić information content (AvgIpc) is 2.74. The average molecular weight is 390 g/mol. The molecule has 3 aromatic rings. The molecule has 6 nitrogen and oxygen atoms in total. The summed E-state index contributed by atoms with van der Waals surface area (Å²) in [4.78, 5) is 24.2. The summed E-state index contributed by atoms with van der Waals surface area (Å²) >= 11 is 0. The Morgan fingerprint density at radius 2 is 1.72 bits per heavy atom. The van der Waals surface area contributed by atoms with Gasteiger partial charge in [-0.3, -0.25) is 4.79 Å². The van der Waals surface area contributed by atoms with Crippen molar-refractivity contribution in [3.05, 3.63) is 71.9 Å². The van der Waals surface area contributed by atoms with E-state index >= 15 is 0 Å². The lowest BCUT2D eigenvalue weighted by molar-refractivity contribution is 0.102. The molecular formula is C23H27N5O. The van der Waals surface area contributed by atoms with Crippen LogP contribution in [0.2, 0.25) is 0 Å². The van der Waals surface area contributed by atoms with Gasteiger partial charge in [0.05, 0.1) is 0 Å². The molecule has 0 fully saturated rings. The molecule has 0 aliphatic rings. The molecule has 3 rings (SSSR count). The Kier molecular flexibility index (Phi) is 6.92. The van der Waals surface area contributed by atoms with Gasteiger partial charge in [0.15, 0.2) is 5.82 Å². The standard InChI is InChI=1S/C23H27N5O/c1-4-17-10-8-9-13-19(17)26-23(29)20-16-21(24-14-15-28(2)3)27-22(25-20)18-11-6-5-7-12-18/h5-13,16H,4,14-15H2,1-3H3,(H,26,29)(H,24,25,27). The Labute approximate surface area is 172 Å². The first-order valence-corrected chi connectivity index (χ1v) is 9.79. The predicted octanol–water partition coefficient (Wildman–Crippen LogP) is 3.93. The Hall–Kier alpha value is -3.25. The fourth-order valence-corrected chi connectivity index (χ4v) is 2.91. The summed E-state index contributed by atoms with van der Waals surface area (Å²) in [5.41, 5.74) is 3.09. The first-order valence-electron chi connectivity index (χ1n) is 9.79. The van der Waals surface area contributed by atoms with E-state index in [1.54, 1.807) is 6.07 Å². The molecule has 29 heavy (non-hydrogen) atoms. The van der Waals surface area contributed by atoms with Gasteiger partial charge in [-0.2, -0.15) is 0 Å². The Morgan fingerprint density at radius 3 is 2.45 bits per heavy atom. The minimum Gasteiger partial charge on any atom is -0.369 e. The number of anilines is 2. The highest BCUT2D eigenvalue weighted by Gasteiger charge is 2.14. The first-order chi connectivity index (χ1) is 14.1. The summed E-state index contributed by atoms with van der Waals surface area (Å²) in [7, 11) is 4.03. The fourth-order valence-electron chi connectivity index (χ4n) is 2.91. The van der Waals surface area contributed by atoms with Gasteiger partial charge in [0.1, 0.15) is 11.5 Å². The van der Waals surface area contributed by atoms with Crippen molar-refractivity contribution >= 4 is 17.4 Å². The normalized spacial score (nSPS) is 10.8. The number of amides is 1. The lowest BCUT2D eigenvalue weighted by Gasteiger charge is -2.13. The molecule has 0 saturated heterocycles. The third-order valence-corrected chi connectivity index (χ3v) is 4.50. The SMILES string of the molecule is CCc1ccccc1NC(=O)c1cc(NCCN(C)C)nc(-c2ccccc2)n1. The summed E-state index contributed by atoms with van der Waals surface area (Å²) in [6.45, 7) is 3.64. The summed E-state index contributed by atoms with van der Waals surface area (Å²) in [5.74, 6) is 0.908. The van der Waals surface area contributed by atoms with E-state index < -0.39 is 0 Å². The molecule has 0 atom stereocenters. The van der Waals surface area contributed by atoms with Crippen LogP contribution in [0, 0.1) is 0 Å². The van der Waals surface area contributed by atoms with Crippen molar-refractivity contribution in [3.63, 3.8) is 0 Å². The molecule has 0 aliphatic heterocycles. The van der Waals surface area contributed by atoms with Gasteiger partial charge >= 0.3 is 0 Å². The molecule has 0 saturated carbocycles. The van der Waals surface area contributed by atoms with E-state index in [-0.39, 0.29) is 5.91 Å². The van der Waals surface area contributed by atoms with E-state index in [0.717, 1.165) is 36.3 Å². The molecule has 0 aliphatic carbocycles. The predicted molar refractivity (Wildman–Crippen MR) is 118 cm³/mol. The minimum absolute atomic E-state index is 0.249. The van der Waals surface area contributed by atoms with E-state index in [9.17, 15) is 4.79 Å². The van der Waals surface area contributed by atoms with Crippen molar-refractivity contribution in [2.75, 3.05) is 37.8 Å². The quantitative estimate of drug-likeness (QED) is 0.611. The number of aromatic nitrogens is 2. The molecule has 0 radical (unpaired) electrons. The molecule has 1 aromatic heterocycles. The summed E-state index contributed by atoms with van der Waals surface area (Å²) in [6, 6.07) is 19.2. The van der Waals surface area contributed by atoms with Crippen LogP contribution in [0.4, 0.5) is 11.5 Å². The molecular weight excluding hydrogens is 362 g/mol. The van der Waals surface area contributed by atoms with E-state index in [1.807, 2.05) is 68.7 Å². The number of likely N-dealkylation sites (N-methyl/N-ethyl adjacent to an activating group) is 1. The van der Waals surface area contributed by atoms with Gasteiger partial charge in [0.25, 0.3) is 5.91 Å². The van der Waals surface area contributed by atoms with E-state index in [0.29, 0.717) is 17.3 Å². The maximum Gasteiger partial charge on any atom is 0.274 e. The number of rotatable bonds is 8. The maximum absolute atomic E-state index is 13.0. The molecule has 0 unspecified atom stereocenters. The Balaban J connectivity index is 1.90.